The zero-order chi connectivity index (χ0) is 26.9. The summed E-state index contributed by atoms with van der Waals surface area (Å²) in [6.45, 7) is 2.97. The first kappa shape index (κ1) is 27.9. The number of primary amides is 1. The lowest BCUT2D eigenvalue weighted by atomic mass is 9.69. The van der Waals surface area contributed by atoms with Crippen LogP contribution in [0.15, 0.2) is 23.2 Å². The number of halogens is 4. The first-order valence-corrected chi connectivity index (χ1v) is 11.8. The first-order chi connectivity index (χ1) is 16.6. The lowest BCUT2D eigenvalue weighted by Crippen LogP contribution is -2.66. The number of anilines is 1. The van der Waals surface area contributed by atoms with Crippen LogP contribution in [0.3, 0.4) is 0 Å². The third-order valence-electron chi connectivity index (χ3n) is 6.52. The van der Waals surface area contributed by atoms with E-state index in [9.17, 15) is 32.7 Å². The molecule has 3 amide bonds. The van der Waals surface area contributed by atoms with Gasteiger partial charge in [0.05, 0.1) is 28.5 Å². The number of carbonyl (C=O) groups is 3. The predicted octanol–water partition coefficient (Wildman–Crippen LogP) is 2.22. The Hall–Kier alpha value is -2.70. The fourth-order valence-electron chi connectivity index (χ4n) is 4.65. The number of hydrogen-bond donors (Lipinski definition) is 5. The standard InChI is InChI=1S/C23H29ClF3N5O4/c1-21(2,36)10-29-19(34)17-22(20(28)35,31-11-30-17)13-5-3-12(4-6-13)18(33)32-16-9-14(23(25,26)27)7-8-15(16)24/h7-9,12-13,31,36H,3-6,10-11H2,1-2H3,(H2,28,35)(H,29,34)(H,32,33). The van der Waals surface area contributed by atoms with Crippen molar-refractivity contribution in [3.05, 3.63) is 28.8 Å². The summed E-state index contributed by atoms with van der Waals surface area (Å²) in [4.78, 5) is 42.4. The van der Waals surface area contributed by atoms with Gasteiger partial charge in [0.1, 0.15) is 11.3 Å². The van der Waals surface area contributed by atoms with Crippen LogP contribution < -0.4 is 21.7 Å². The lowest BCUT2D eigenvalue weighted by molar-refractivity contribution is -0.137. The molecule has 1 unspecified atom stereocenters. The molecule has 1 aromatic rings. The van der Waals surface area contributed by atoms with Gasteiger partial charge >= 0.3 is 6.18 Å². The van der Waals surface area contributed by atoms with Crippen LogP contribution in [0, 0.1) is 11.8 Å². The van der Waals surface area contributed by atoms with Crippen molar-refractivity contribution in [3.8, 4) is 0 Å². The van der Waals surface area contributed by atoms with E-state index in [0.717, 1.165) is 18.2 Å². The average molecular weight is 532 g/mol. The minimum atomic E-state index is -4.59. The van der Waals surface area contributed by atoms with Crippen molar-refractivity contribution in [2.75, 3.05) is 18.5 Å². The van der Waals surface area contributed by atoms with Gasteiger partial charge in [-0.25, -0.2) is 0 Å². The van der Waals surface area contributed by atoms with Gasteiger partial charge in [0.25, 0.3) is 5.91 Å². The molecule has 1 fully saturated rings. The molecule has 36 heavy (non-hydrogen) atoms. The normalized spacial score (nSPS) is 24.7. The fraction of sp³-hybridized carbons (Fsp3) is 0.565. The fourth-order valence-corrected chi connectivity index (χ4v) is 4.81. The van der Waals surface area contributed by atoms with Crippen LogP contribution in [-0.4, -0.2) is 52.9 Å². The van der Waals surface area contributed by atoms with Crippen molar-refractivity contribution in [1.82, 2.24) is 10.6 Å². The predicted molar refractivity (Wildman–Crippen MR) is 127 cm³/mol. The number of amides is 3. The number of nitrogens with zero attached hydrogens (tertiary/aromatic N) is 1. The van der Waals surface area contributed by atoms with Crippen molar-refractivity contribution in [1.29, 1.82) is 0 Å². The van der Waals surface area contributed by atoms with Crippen molar-refractivity contribution in [2.45, 2.75) is 56.8 Å². The second-order valence-electron chi connectivity index (χ2n) is 9.74. The zero-order valence-corrected chi connectivity index (χ0v) is 20.6. The Labute approximate surface area is 211 Å². The summed E-state index contributed by atoms with van der Waals surface area (Å²) in [5, 5.41) is 17.9. The smallest absolute Gasteiger partial charge is 0.389 e. The van der Waals surface area contributed by atoms with E-state index in [1.807, 2.05) is 0 Å². The highest BCUT2D eigenvalue weighted by Crippen LogP contribution is 2.39. The van der Waals surface area contributed by atoms with Crippen LogP contribution in [0.4, 0.5) is 18.9 Å². The Morgan fingerprint density at radius 3 is 2.42 bits per heavy atom. The Morgan fingerprint density at radius 1 is 1.22 bits per heavy atom. The molecule has 0 saturated heterocycles. The van der Waals surface area contributed by atoms with Gasteiger partial charge in [0.2, 0.25) is 11.8 Å². The van der Waals surface area contributed by atoms with Gasteiger partial charge < -0.3 is 21.5 Å². The number of benzene rings is 1. The Morgan fingerprint density at radius 2 is 1.86 bits per heavy atom. The number of aliphatic hydroxyl groups is 1. The van der Waals surface area contributed by atoms with Crippen LogP contribution in [0.5, 0.6) is 0 Å². The largest absolute Gasteiger partial charge is 0.416 e. The van der Waals surface area contributed by atoms with Crippen molar-refractivity contribution in [3.63, 3.8) is 0 Å². The average Bonchev–Trinajstić information content (AvgIpc) is 3.24. The van der Waals surface area contributed by atoms with Crippen LogP contribution in [0.2, 0.25) is 5.02 Å². The summed E-state index contributed by atoms with van der Waals surface area (Å²) in [6.07, 6.45) is -3.30. The highest BCUT2D eigenvalue weighted by Gasteiger charge is 2.54. The van der Waals surface area contributed by atoms with Gasteiger partial charge in [-0.3, -0.25) is 24.7 Å². The van der Waals surface area contributed by atoms with E-state index in [4.69, 9.17) is 17.3 Å². The number of nitrogens with two attached hydrogens (primary N) is 1. The SMILES string of the molecule is CC(C)(O)CNC(=O)C1=NCNC1(C(N)=O)C1CCC(C(=O)Nc2cc(C(F)(F)F)ccc2Cl)CC1. The summed E-state index contributed by atoms with van der Waals surface area (Å²) in [5.74, 6) is -2.87. The van der Waals surface area contributed by atoms with Gasteiger partial charge in [0, 0.05) is 12.5 Å². The number of hydrogen-bond acceptors (Lipinski definition) is 6. The minimum absolute atomic E-state index is 0.00265. The Balaban J connectivity index is 1.69. The molecule has 1 aliphatic carbocycles. The van der Waals surface area contributed by atoms with E-state index in [0.29, 0.717) is 25.7 Å². The molecule has 0 radical (unpaired) electrons. The van der Waals surface area contributed by atoms with Gasteiger partial charge in [-0.2, -0.15) is 13.2 Å². The molecule has 1 heterocycles. The highest BCUT2D eigenvalue weighted by molar-refractivity contribution is 6.47. The van der Waals surface area contributed by atoms with Crippen LogP contribution >= 0.6 is 11.6 Å². The van der Waals surface area contributed by atoms with E-state index in [1.165, 1.54) is 13.8 Å². The second-order valence-corrected chi connectivity index (χ2v) is 10.1. The van der Waals surface area contributed by atoms with E-state index < -0.39 is 52.4 Å². The van der Waals surface area contributed by atoms with E-state index >= 15 is 0 Å². The maximum Gasteiger partial charge on any atom is 0.416 e. The third kappa shape index (κ3) is 5.98. The molecule has 0 aromatic heterocycles. The molecule has 6 N–H and O–H groups in total. The van der Waals surface area contributed by atoms with Crippen molar-refractivity contribution < 1.29 is 32.7 Å². The van der Waals surface area contributed by atoms with Gasteiger partial charge in [-0.1, -0.05) is 11.6 Å². The summed E-state index contributed by atoms with van der Waals surface area (Å²) in [7, 11) is 0. The third-order valence-corrected chi connectivity index (χ3v) is 6.85. The summed E-state index contributed by atoms with van der Waals surface area (Å²) < 4.78 is 39.1. The maximum absolute atomic E-state index is 13.0. The minimum Gasteiger partial charge on any atom is -0.389 e. The molecule has 0 bridgehead atoms. The molecule has 1 atom stereocenters. The number of aliphatic imine (C=N–C) groups is 1. The van der Waals surface area contributed by atoms with E-state index in [2.05, 4.69) is 20.9 Å². The quantitative estimate of drug-likeness (QED) is 0.366. The molecule has 1 saturated carbocycles. The molecule has 13 heteroatoms. The Kier molecular flexibility index (Phi) is 8.01. The molecule has 0 spiro atoms. The van der Waals surface area contributed by atoms with Gasteiger partial charge in [0.15, 0.2) is 0 Å². The maximum atomic E-state index is 13.0. The van der Waals surface area contributed by atoms with Crippen LogP contribution in [0.25, 0.3) is 0 Å². The molecular formula is C23H29ClF3N5O4. The van der Waals surface area contributed by atoms with Crippen molar-refractivity contribution >= 4 is 40.7 Å². The van der Waals surface area contributed by atoms with Crippen molar-refractivity contribution in [2.24, 2.45) is 22.6 Å². The number of rotatable bonds is 7. The zero-order valence-electron chi connectivity index (χ0n) is 19.8. The molecule has 1 aliphatic heterocycles. The topological polar surface area (TPSA) is 146 Å². The molecule has 198 valence electrons. The summed E-state index contributed by atoms with van der Waals surface area (Å²) in [5.41, 5.74) is 1.89. The van der Waals surface area contributed by atoms with E-state index in [-0.39, 0.29) is 29.6 Å². The Bertz CT molecular complexity index is 1060. The molecule has 3 rings (SSSR count). The van der Waals surface area contributed by atoms with E-state index in [1.54, 1.807) is 0 Å². The summed E-state index contributed by atoms with van der Waals surface area (Å²) in [6, 6.07) is 2.69. The number of nitrogens with one attached hydrogen (secondary N) is 3. The number of carbonyl (C=O) groups excluding carboxylic acids is 3. The molecular weight excluding hydrogens is 503 g/mol. The van der Waals surface area contributed by atoms with Crippen LogP contribution in [0.1, 0.15) is 45.1 Å². The second kappa shape index (κ2) is 10.3. The summed E-state index contributed by atoms with van der Waals surface area (Å²) >= 11 is 5.98. The van der Waals surface area contributed by atoms with Gasteiger partial charge in [-0.05, 0) is 63.6 Å². The monoisotopic (exact) mass is 531 g/mol. The molecule has 2 aliphatic rings. The van der Waals surface area contributed by atoms with Crippen LogP contribution in [-0.2, 0) is 20.6 Å². The lowest BCUT2D eigenvalue weighted by Gasteiger charge is -2.39. The molecule has 1 aromatic carbocycles. The number of alkyl halides is 3. The van der Waals surface area contributed by atoms with Gasteiger partial charge in [-0.15, -0.1) is 0 Å². The first-order valence-electron chi connectivity index (χ1n) is 11.4. The highest BCUT2D eigenvalue weighted by atomic mass is 35.5. The molecule has 9 nitrogen and oxygen atoms in total.